The minimum atomic E-state index is 0.623. The topological polar surface area (TPSA) is 43.1 Å². The van der Waals surface area contributed by atoms with E-state index in [0.29, 0.717) is 11.3 Å². The molecule has 10 heavy (non-hydrogen) atoms. The van der Waals surface area contributed by atoms with Gasteiger partial charge in [-0.15, -0.1) is 0 Å². The van der Waals surface area contributed by atoms with Gasteiger partial charge in [-0.1, -0.05) is 6.07 Å². The van der Waals surface area contributed by atoms with Gasteiger partial charge in [-0.05, 0) is 34.7 Å². The van der Waals surface area contributed by atoms with Gasteiger partial charge >= 0.3 is 0 Å². The first-order chi connectivity index (χ1) is 4.74. The largest absolute Gasteiger partial charge is 0.398 e. The Morgan fingerprint density at radius 2 is 2.20 bits per heavy atom. The van der Waals surface area contributed by atoms with Crippen molar-refractivity contribution >= 4 is 34.6 Å². The molecule has 52 valence electrons. The van der Waals surface area contributed by atoms with Crippen LogP contribution in [0.5, 0.6) is 0 Å². The molecule has 0 amide bonds. The zero-order chi connectivity index (χ0) is 7.56. The van der Waals surface area contributed by atoms with Crippen molar-refractivity contribution < 1.29 is 4.79 Å². The molecule has 0 heterocycles. The van der Waals surface area contributed by atoms with E-state index in [1.165, 1.54) is 0 Å². The number of carbonyl (C=O) groups is 1. The highest BCUT2D eigenvalue weighted by Gasteiger charge is 1.94. The molecular formula is C7H6INO. The molecule has 1 aromatic rings. The normalized spacial score (nSPS) is 9.30. The molecular weight excluding hydrogens is 241 g/mol. The third-order valence-corrected chi connectivity index (χ3v) is 2.14. The summed E-state index contributed by atoms with van der Waals surface area (Å²) in [5, 5.41) is 0. The van der Waals surface area contributed by atoms with E-state index in [9.17, 15) is 4.79 Å². The first kappa shape index (κ1) is 7.53. The Labute approximate surface area is 72.6 Å². The number of hydrogen-bond donors (Lipinski definition) is 1. The van der Waals surface area contributed by atoms with Crippen molar-refractivity contribution in [2.75, 3.05) is 5.73 Å². The van der Waals surface area contributed by atoms with Gasteiger partial charge in [0.25, 0.3) is 0 Å². The summed E-state index contributed by atoms with van der Waals surface area (Å²) in [6.45, 7) is 0. The Bertz CT molecular complexity index is 260. The molecule has 0 bridgehead atoms. The summed E-state index contributed by atoms with van der Waals surface area (Å²) in [6, 6.07) is 5.22. The van der Waals surface area contributed by atoms with Crippen LogP contribution in [0.1, 0.15) is 10.4 Å². The average Bonchev–Trinajstić information content (AvgIpc) is 1.95. The molecule has 1 aromatic carbocycles. The van der Waals surface area contributed by atoms with Gasteiger partial charge in [-0.2, -0.15) is 0 Å². The minimum absolute atomic E-state index is 0.623. The first-order valence-corrected chi connectivity index (χ1v) is 3.82. The Hall–Kier alpha value is -0.580. The molecule has 0 aliphatic carbocycles. The Morgan fingerprint density at radius 1 is 1.50 bits per heavy atom. The molecule has 0 aromatic heterocycles. The van der Waals surface area contributed by atoms with Crippen molar-refractivity contribution in [3.8, 4) is 0 Å². The Kier molecular flexibility index (Phi) is 2.26. The Morgan fingerprint density at radius 3 is 2.70 bits per heavy atom. The molecule has 0 saturated heterocycles. The predicted octanol–water partition coefficient (Wildman–Crippen LogP) is 1.69. The fourth-order valence-corrected chi connectivity index (χ4v) is 0.971. The van der Waals surface area contributed by atoms with E-state index in [1.54, 1.807) is 12.1 Å². The second-order valence-corrected chi connectivity index (χ2v) is 3.06. The number of hydrogen-bond acceptors (Lipinski definition) is 2. The van der Waals surface area contributed by atoms with E-state index in [0.717, 1.165) is 9.86 Å². The van der Waals surface area contributed by atoms with Crippen molar-refractivity contribution in [2.24, 2.45) is 0 Å². The molecule has 2 nitrogen and oxygen atoms in total. The molecule has 0 radical (unpaired) electrons. The summed E-state index contributed by atoms with van der Waals surface area (Å²) < 4.78 is 0.975. The highest BCUT2D eigenvalue weighted by atomic mass is 127. The standard InChI is InChI=1S/C7H6INO/c8-6-2-1-5(4-10)3-7(6)9/h1-4H,9H2. The second-order valence-electron chi connectivity index (χ2n) is 1.90. The lowest BCUT2D eigenvalue weighted by molar-refractivity contribution is 0.112. The molecule has 0 aliphatic heterocycles. The van der Waals surface area contributed by atoms with E-state index in [4.69, 9.17) is 5.73 Å². The number of nitrogens with two attached hydrogens (primary N) is 1. The van der Waals surface area contributed by atoms with E-state index < -0.39 is 0 Å². The van der Waals surface area contributed by atoms with Crippen LogP contribution in [-0.4, -0.2) is 6.29 Å². The third-order valence-electron chi connectivity index (χ3n) is 1.16. The molecule has 1 rings (SSSR count). The number of halogens is 1. The van der Waals surface area contributed by atoms with Crippen LogP contribution in [0, 0.1) is 3.57 Å². The lowest BCUT2D eigenvalue weighted by atomic mass is 10.2. The lowest BCUT2D eigenvalue weighted by Gasteiger charge is -1.96. The van der Waals surface area contributed by atoms with Crippen molar-refractivity contribution in [2.45, 2.75) is 0 Å². The van der Waals surface area contributed by atoms with Crippen LogP contribution in [-0.2, 0) is 0 Å². The van der Waals surface area contributed by atoms with Gasteiger partial charge in [0.05, 0.1) is 0 Å². The molecule has 0 saturated carbocycles. The van der Waals surface area contributed by atoms with Crippen LogP contribution >= 0.6 is 22.6 Å². The highest BCUT2D eigenvalue weighted by molar-refractivity contribution is 14.1. The van der Waals surface area contributed by atoms with Crippen molar-refractivity contribution in [3.05, 3.63) is 27.3 Å². The van der Waals surface area contributed by atoms with E-state index in [2.05, 4.69) is 22.6 Å². The summed E-state index contributed by atoms with van der Waals surface area (Å²) in [7, 11) is 0. The van der Waals surface area contributed by atoms with Gasteiger partial charge in [0.15, 0.2) is 0 Å². The van der Waals surface area contributed by atoms with Gasteiger partial charge in [-0.25, -0.2) is 0 Å². The van der Waals surface area contributed by atoms with E-state index >= 15 is 0 Å². The SMILES string of the molecule is Nc1cc(C=O)ccc1I. The van der Waals surface area contributed by atoms with E-state index in [-0.39, 0.29) is 0 Å². The quantitative estimate of drug-likeness (QED) is 0.466. The van der Waals surface area contributed by atoms with Gasteiger partial charge in [0, 0.05) is 14.8 Å². The molecule has 0 spiro atoms. The van der Waals surface area contributed by atoms with Gasteiger partial charge in [-0.3, -0.25) is 4.79 Å². The smallest absolute Gasteiger partial charge is 0.150 e. The molecule has 0 atom stereocenters. The first-order valence-electron chi connectivity index (χ1n) is 2.74. The zero-order valence-electron chi connectivity index (χ0n) is 5.17. The van der Waals surface area contributed by atoms with Crippen molar-refractivity contribution in [3.63, 3.8) is 0 Å². The average molecular weight is 247 g/mol. The maximum absolute atomic E-state index is 10.2. The summed E-state index contributed by atoms with van der Waals surface area (Å²) in [4.78, 5) is 10.2. The summed E-state index contributed by atoms with van der Waals surface area (Å²) in [5.41, 5.74) is 6.81. The summed E-state index contributed by atoms with van der Waals surface area (Å²) in [6.07, 6.45) is 0.784. The number of aldehydes is 1. The number of carbonyl (C=O) groups excluding carboxylic acids is 1. The predicted molar refractivity (Wildman–Crippen MR) is 49.0 cm³/mol. The molecule has 0 unspecified atom stereocenters. The van der Waals surface area contributed by atoms with Crippen LogP contribution in [0.3, 0.4) is 0 Å². The monoisotopic (exact) mass is 247 g/mol. The number of nitrogen functional groups attached to an aromatic ring is 1. The Balaban J connectivity index is 3.16. The van der Waals surface area contributed by atoms with Crippen molar-refractivity contribution in [1.82, 2.24) is 0 Å². The minimum Gasteiger partial charge on any atom is -0.398 e. The molecule has 2 N–H and O–H groups in total. The highest BCUT2D eigenvalue weighted by Crippen LogP contribution is 2.14. The fraction of sp³-hybridized carbons (Fsp3) is 0. The van der Waals surface area contributed by atoms with Crippen LogP contribution in [0.15, 0.2) is 18.2 Å². The van der Waals surface area contributed by atoms with Gasteiger partial charge in [0.1, 0.15) is 6.29 Å². The maximum atomic E-state index is 10.2. The maximum Gasteiger partial charge on any atom is 0.150 e. The van der Waals surface area contributed by atoms with Crippen LogP contribution in [0.2, 0.25) is 0 Å². The van der Waals surface area contributed by atoms with Crippen LogP contribution < -0.4 is 5.73 Å². The fourth-order valence-electron chi connectivity index (χ4n) is 0.636. The number of benzene rings is 1. The zero-order valence-corrected chi connectivity index (χ0v) is 7.33. The number of anilines is 1. The van der Waals surface area contributed by atoms with E-state index in [1.807, 2.05) is 6.07 Å². The van der Waals surface area contributed by atoms with Crippen LogP contribution in [0.25, 0.3) is 0 Å². The number of rotatable bonds is 1. The molecule has 3 heteroatoms. The lowest BCUT2D eigenvalue weighted by Crippen LogP contribution is -1.90. The van der Waals surface area contributed by atoms with Crippen molar-refractivity contribution in [1.29, 1.82) is 0 Å². The summed E-state index contributed by atoms with van der Waals surface area (Å²) >= 11 is 2.12. The van der Waals surface area contributed by atoms with Crippen LogP contribution in [0.4, 0.5) is 5.69 Å². The second kappa shape index (κ2) is 3.01. The summed E-state index contributed by atoms with van der Waals surface area (Å²) in [5.74, 6) is 0. The van der Waals surface area contributed by atoms with Gasteiger partial charge < -0.3 is 5.73 Å². The third kappa shape index (κ3) is 1.47. The van der Waals surface area contributed by atoms with Gasteiger partial charge in [0.2, 0.25) is 0 Å². The molecule has 0 fully saturated rings. The molecule has 0 aliphatic rings.